The Labute approximate surface area is 124 Å². The molecular weight excluding hydrogens is 302 g/mol. The highest BCUT2D eigenvalue weighted by molar-refractivity contribution is 8.04. The standard InChI is InChI=1S/C13H14NS.ClHO4/c1-14(2)13-5-3-11(4-6-13)12-7-9-15-10-8-12;2-1(3,4)5/h3-10H,1-2H3;(H,2,3,4,5)/q+1;/p-1. The van der Waals surface area contributed by atoms with E-state index >= 15 is 0 Å². The molecule has 0 unspecified atom stereocenters. The summed E-state index contributed by atoms with van der Waals surface area (Å²) in [4.78, 5) is 0. The Balaban J connectivity index is 0.000000347. The Bertz CT molecular complexity index is 497. The molecule has 1 aliphatic heterocycles. The van der Waals surface area contributed by atoms with Gasteiger partial charge in [-0.3, -0.25) is 0 Å². The largest absolute Gasteiger partial charge is 0.235 e. The minimum atomic E-state index is -4.94. The Morgan fingerprint density at radius 2 is 1.20 bits per heavy atom. The molecule has 0 saturated carbocycles. The van der Waals surface area contributed by atoms with Crippen molar-refractivity contribution in [3.63, 3.8) is 0 Å². The predicted molar refractivity (Wildman–Crippen MR) is 68.3 cm³/mol. The minimum Gasteiger partial charge on any atom is -0.235 e. The van der Waals surface area contributed by atoms with Crippen molar-refractivity contribution >= 4 is 17.5 Å². The van der Waals surface area contributed by atoms with Gasteiger partial charge >= 0.3 is 0 Å². The number of rotatable bonds is 0. The van der Waals surface area contributed by atoms with Gasteiger partial charge in [-0.15, -0.1) is 22.0 Å². The van der Waals surface area contributed by atoms with E-state index in [1.807, 2.05) is 0 Å². The van der Waals surface area contributed by atoms with E-state index in [4.69, 9.17) is 18.6 Å². The highest BCUT2D eigenvalue weighted by Crippen LogP contribution is 2.21. The molecule has 0 saturated heterocycles. The zero-order chi connectivity index (χ0) is 15.2. The lowest BCUT2D eigenvalue weighted by Gasteiger charge is -2.17. The third kappa shape index (κ3) is 6.85. The summed E-state index contributed by atoms with van der Waals surface area (Å²) in [7, 11) is -0.835. The van der Waals surface area contributed by atoms with Gasteiger partial charge in [0, 0.05) is 12.2 Å². The van der Waals surface area contributed by atoms with Crippen molar-refractivity contribution in [3.05, 3.63) is 58.4 Å². The maximum atomic E-state index is 8.49. The van der Waals surface area contributed by atoms with Crippen LogP contribution in [0.15, 0.2) is 58.4 Å². The van der Waals surface area contributed by atoms with E-state index in [2.05, 4.69) is 65.9 Å². The first-order valence-electron chi connectivity index (χ1n) is 5.52. The highest BCUT2D eigenvalue weighted by Gasteiger charge is 2.06. The van der Waals surface area contributed by atoms with Gasteiger partial charge < -0.3 is 0 Å². The zero-order valence-corrected chi connectivity index (χ0v) is 12.6. The molecule has 0 aromatic carbocycles. The van der Waals surface area contributed by atoms with Gasteiger partial charge in [0.1, 0.15) is 14.1 Å². The SMILES string of the molecule is C[N+](C)=C1C=CC(=C2C=CSC=C2)C=C1.[O-][Cl+3]([O-])([O-])[O-]. The van der Waals surface area contributed by atoms with Gasteiger partial charge in [0.25, 0.3) is 0 Å². The van der Waals surface area contributed by atoms with Crippen molar-refractivity contribution in [2.75, 3.05) is 14.1 Å². The number of hydrogen-bond donors (Lipinski definition) is 0. The Kier molecular flexibility index (Phi) is 6.41. The van der Waals surface area contributed by atoms with E-state index in [0.717, 1.165) is 0 Å². The molecule has 5 nitrogen and oxygen atoms in total. The summed E-state index contributed by atoms with van der Waals surface area (Å²) in [6.07, 6.45) is 12.9. The van der Waals surface area contributed by atoms with E-state index in [1.165, 1.54) is 16.9 Å². The van der Waals surface area contributed by atoms with Gasteiger partial charge in [-0.05, 0) is 46.3 Å². The van der Waals surface area contributed by atoms with Crippen molar-refractivity contribution in [2.45, 2.75) is 0 Å². The second-order valence-corrected chi connectivity index (χ2v) is 5.59. The highest BCUT2D eigenvalue weighted by atomic mass is 35.7. The second-order valence-electron chi connectivity index (χ2n) is 4.02. The van der Waals surface area contributed by atoms with E-state index in [1.54, 1.807) is 11.8 Å². The molecule has 7 heteroatoms. The van der Waals surface area contributed by atoms with E-state index in [9.17, 15) is 0 Å². The summed E-state index contributed by atoms with van der Waals surface area (Å²) in [6.45, 7) is 0. The lowest BCUT2D eigenvalue weighted by atomic mass is 10.0. The molecule has 0 atom stereocenters. The van der Waals surface area contributed by atoms with Crippen molar-refractivity contribution in [2.24, 2.45) is 0 Å². The number of halogens is 1. The topological polar surface area (TPSA) is 95.2 Å². The Morgan fingerprint density at radius 1 is 0.800 bits per heavy atom. The molecule has 0 aromatic rings. The molecule has 0 bridgehead atoms. The van der Waals surface area contributed by atoms with Crippen molar-refractivity contribution in [1.29, 1.82) is 0 Å². The predicted octanol–water partition coefficient (Wildman–Crippen LogP) is -1.86. The van der Waals surface area contributed by atoms with E-state index < -0.39 is 10.2 Å². The summed E-state index contributed by atoms with van der Waals surface area (Å²) >= 11 is 1.71. The smallest absolute Gasteiger partial charge is 0.199 e. The summed E-state index contributed by atoms with van der Waals surface area (Å²) in [5.74, 6) is 0. The fourth-order valence-electron chi connectivity index (χ4n) is 1.47. The molecule has 0 radical (unpaired) electrons. The molecular formula is C13H14ClNO4S. The maximum absolute atomic E-state index is 8.49. The van der Waals surface area contributed by atoms with Crippen LogP contribution in [0.5, 0.6) is 0 Å². The van der Waals surface area contributed by atoms with Crippen LogP contribution in [0.2, 0.25) is 0 Å². The van der Waals surface area contributed by atoms with Gasteiger partial charge in [-0.25, -0.2) is 23.2 Å². The first-order chi connectivity index (χ1) is 9.27. The number of nitrogens with zero attached hydrogens (tertiary/aromatic N) is 1. The fraction of sp³-hybridized carbons (Fsp3) is 0.154. The van der Waals surface area contributed by atoms with Gasteiger partial charge in [0.15, 0.2) is 5.71 Å². The molecule has 1 aliphatic carbocycles. The van der Waals surface area contributed by atoms with Gasteiger partial charge in [0.2, 0.25) is 0 Å². The van der Waals surface area contributed by atoms with Crippen molar-refractivity contribution < 1.29 is 33.5 Å². The summed E-state index contributed by atoms with van der Waals surface area (Å²) in [6, 6.07) is 0. The van der Waals surface area contributed by atoms with Crippen LogP contribution in [0.25, 0.3) is 0 Å². The lowest BCUT2D eigenvalue weighted by Crippen LogP contribution is -2.68. The molecule has 0 N–H and O–H groups in total. The first-order valence-corrected chi connectivity index (χ1v) is 7.70. The maximum Gasteiger partial charge on any atom is 0.199 e. The quantitative estimate of drug-likeness (QED) is 0.489. The second kappa shape index (κ2) is 7.58. The van der Waals surface area contributed by atoms with Crippen LogP contribution in [-0.4, -0.2) is 24.4 Å². The van der Waals surface area contributed by atoms with Crippen LogP contribution in [0.1, 0.15) is 0 Å². The average molecular weight is 316 g/mol. The monoisotopic (exact) mass is 315 g/mol. The average Bonchev–Trinajstić information content (AvgIpc) is 2.38. The van der Waals surface area contributed by atoms with Gasteiger partial charge in [0.05, 0.1) is 0 Å². The summed E-state index contributed by atoms with van der Waals surface area (Å²) < 4.78 is 36.1. The first kappa shape index (κ1) is 16.9. The van der Waals surface area contributed by atoms with E-state index in [0.29, 0.717) is 0 Å². The molecule has 20 heavy (non-hydrogen) atoms. The van der Waals surface area contributed by atoms with Gasteiger partial charge in [-0.2, -0.15) is 0 Å². The molecule has 2 aliphatic rings. The van der Waals surface area contributed by atoms with Crippen molar-refractivity contribution in [1.82, 2.24) is 0 Å². The van der Waals surface area contributed by atoms with E-state index in [-0.39, 0.29) is 0 Å². The van der Waals surface area contributed by atoms with Gasteiger partial charge in [-0.1, -0.05) is 0 Å². The van der Waals surface area contributed by atoms with Crippen LogP contribution in [-0.2, 0) is 0 Å². The zero-order valence-electron chi connectivity index (χ0n) is 11.0. The summed E-state index contributed by atoms with van der Waals surface area (Å²) in [5, 5.41) is 4.21. The molecule has 2 rings (SSSR count). The third-order valence-electron chi connectivity index (χ3n) is 2.37. The van der Waals surface area contributed by atoms with Crippen LogP contribution >= 0.6 is 11.8 Å². The van der Waals surface area contributed by atoms with Crippen LogP contribution in [0, 0.1) is 10.2 Å². The molecule has 0 spiro atoms. The minimum absolute atomic E-state index is 1.23. The number of allylic oxidation sites excluding steroid dienone is 8. The fourth-order valence-corrected chi connectivity index (χ4v) is 2.01. The Morgan fingerprint density at radius 3 is 1.60 bits per heavy atom. The number of hydrogen-bond acceptors (Lipinski definition) is 5. The molecule has 0 fully saturated rings. The molecule has 0 aromatic heterocycles. The Hall–Kier alpha value is -1.15. The molecule has 108 valence electrons. The van der Waals surface area contributed by atoms with Crippen LogP contribution in [0.3, 0.4) is 0 Å². The third-order valence-corrected chi connectivity index (χ3v) is 2.96. The normalized spacial score (nSPS) is 17.2. The lowest BCUT2D eigenvalue weighted by molar-refractivity contribution is -2.00. The number of thioether (sulfide) groups is 1. The van der Waals surface area contributed by atoms with Crippen LogP contribution in [0.4, 0.5) is 0 Å². The molecule has 0 amide bonds. The van der Waals surface area contributed by atoms with Crippen molar-refractivity contribution in [3.8, 4) is 0 Å². The molecule has 1 heterocycles. The summed E-state index contributed by atoms with van der Waals surface area (Å²) in [5.41, 5.74) is 3.78. The van der Waals surface area contributed by atoms with Crippen LogP contribution < -0.4 is 18.6 Å².